The van der Waals surface area contributed by atoms with Crippen molar-refractivity contribution in [2.75, 3.05) is 12.4 Å². The molecule has 4 N–H and O–H groups in total. The van der Waals surface area contributed by atoms with Crippen molar-refractivity contribution in [2.24, 2.45) is 10.7 Å². The molecule has 1 unspecified atom stereocenters. The van der Waals surface area contributed by atoms with Crippen LogP contribution in [0.25, 0.3) is 0 Å². The van der Waals surface area contributed by atoms with Gasteiger partial charge < -0.3 is 16.0 Å². The Kier molecular flexibility index (Phi) is 6.87. The number of hydrogen-bond acceptors (Lipinski definition) is 7. The van der Waals surface area contributed by atoms with Gasteiger partial charge in [0, 0.05) is 31.3 Å². The van der Waals surface area contributed by atoms with Crippen molar-refractivity contribution < 1.29 is 13.2 Å². The Bertz CT molecular complexity index is 1210. The summed E-state index contributed by atoms with van der Waals surface area (Å²) in [7, 11) is -2.18. The van der Waals surface area contributed by atoms with Crippen LogP contribution in [0.15, 0.2) is 81.9 Å². The lowest BCUT2D eigenvalue weighted by Crippen LogP contribution is -2.40. The maximum atomic E-state index is 12.9. The number of amides is 1. The summed E-state index contributed by atoms with van der Waals surface area (Å²) in [4.78, 5) is 21.3. The second-order valence-corrected chi connectivity index (χ2v) is 8.76. The van der Waals surface area contributed by atoms with Gasteiger partial charge in [0.2, 0.25) is 21.7 Å². The predicted molar refractivity (Wildman–Crippen MR) is 119 cm³/mol. The summed E-state index contributed by atoms with van der Waals surface area (Å²) in [6, 6.07) is 9.04. The molecule has 11 heteroatoms. The largest absolute Gasteiger partial charge is 0.368 e. The summed E-state index contributed by atoms with van der Waals surface area (Å²) in [5.74, 6) is -0.315. The van der Waals surface area contributed by atoms with Gasteiger partial charge in [-0.2, -0.15) is 5.26 Å². The van der Waals surface area contributed by atoms with Crippen molar-refractivity contribution >= 4 is 27.4 Å². The minimum atomic E-state index is -3.77. The Morgan fingerprint density at radius 3 is 2.53 bits per heavy atom. The Hall–Kier alpha value is -4.17. The summed E-state index contributed by atoms with van der Waals surface area (Å²) < 4.78 is 25.8. The van der Waals surface area contributed by atoms with Crippen molar-refractivity contribution in [3.63, 3.8) is 0 Å². The zero-order valence-corrected chi connectivity index (χ0v) is 18.0. The lowest BCUT2D eigenvalue weighted by molar-refractivity contribution is -0.120. The molecule has 0 saturated carbocycles. The SMILES string of the molecule is CN1C=C(S(=O)(=O)c2ccc(CN=C(NC#N)Nc3ccncc3)cc2)C=CC1C(N)=O. The molecule has 164 valence electrons. The van der Waals surface area contributed by atoms with E-state index in [4.69, 9.17) is 11.0 Å². The first-order valence-electron chi connectivity index (χ1n) is 9.43. The van der Waals surface area contributed by atoms with Gasteiger partial charge in [-0.1, -0.05) is 18.2 Å². The van der Waals surface area contributed by atoms with Crippen LogP contribution in [0.1, 0.15) is 5.56 Å². The van der Waals surface area contributed by atoms with Gasteiger partial charge in [-0.05, 0) is 35.9 Å². The van der Waals surface area contributed by atoms with E-state index in [1.807, 2.05) is 6.19 Å². The molecular weight excluding hydrogens is 430 g/mol. The summed E-state index contributed by atoms with van der Waals surface area (Å²) in [5.41, 5.74) is 6.76. The lowest BCUT2D eigenvalue weighted by atomic mass is 10.2. The maximum Gasteiger partial charge on any atom is 0.244 e. The average Bonchev–Trinajstić information content (AvgIpc) is 2.78. The standard InChI is InChI=1S/C21H21N7O3S/c1-28-13-18(6-7-19(28)20(23)29)32(30,31)17-4-2-15(3-5-17)12-25-21(26-14-22)27-16-8-10-24-11-9-16/h2-11,13,19H,12H2,1H3,(H2,23,29)(H2,24,25,26,27). The first kappa shape index (κ1) is 22.5. The van der Waals surface area contributed by atoms with Crippen LogP contribution in [0.5, 0.6) is 0 Å². The van der Waals surface area contributed by atoms with Crippen LogP contribution in [-0.2, 0) is 21.2 Å². The molecule has 3 rings (SSSR count). The molecule has 1 amide bonds. The molecule has 1 aliphatic rings. The zero-order chi connectivity index (χ0) is 23.1. The van der Waals surface area contributed by atoms with E-state index in [-0.39, 0.29) is 22.3 Å². The highest BCUT2D eigenvalue weighted by Crippen LogP contribution is 2.24. The van der Waals surface area contributed by atoms with Gasteiger partial charge >= 0.3 is 0 Å². The number of aliphatic imine (C=N–C) groups is 1. The number of carbonyl (C=O) groups is 1. The molecule has 0 spiro atoms. The second-order valence-electron chi connectivity index (χ2n) is 6.81. The number of pyridine rings is 1. The quantitative estimate of drug-likeness (QED) is 0.255. The number of nitrogens with two attached hydrogens (primary N) is 1. The summed E-state index contributed by atoms with van der Waals surface area (Å²) in [6.07, 6.45) is 9.25. The Balaban J connectivity index is 1.73. The van der Waals surface area contributed by atoms with E-state index in [9.17, 15) is 13.2 Å². The first-order chi connectivity index (χ1) is 15.3. The monoisotopic (exact) mass is 451 g/mol. The van der Waals surface area contributed by atoms with Crippen LogP contribution in [-0.4, -0.2) is 43.3 Å². The predicted octanol–water partition coefficient (Wildman–Crippen LogP) is 1.09. The molecule has 2 heterocycles. The van der Waals surface area contributed by atoms with E-state index in [2.05, 4.69) is 20.6 Å². The molecule has 10 nitrogen and oxygen atoms in total. The number of hydrogen-bond donors (Lipinski definition) is 3. The van der Waals surface area contributed by atoms with Gasteiger partial charge in [0.05, 0.1) is 16.3 Å². The van der Waals surface area contributed by atoms with Gasteiger partial charge in [0.1, 0.15) is 6.04 Å². The van der Waals surface area contributed by atoms with Crippen LogP contribution in [0, 0.1) is 11.5 Å². The van der Waals surface area contributed by atoms with Crippen LogP contribution >= 0.6 is 0 Å². The molecule has 0 saturated heterocycles. The van der Waals surface area contributed by atoms with Crippen molar-refractivity contribution in [1.29, 1.82) is 5.26 Å². The summed E-state index contributed by atoms with van der Waals surface area (Å²) in [6.45, 7) is 0.216. The molecule has 1 atom stereocenters. The van der Waals surface area contributed by atoms with Gasteiger partial charge in [-0.3, -0.25) is 15.1 Å². The van der Waals surface area contributed by atoms with E-state index in [1.54, 1.807) is 43.7 Å². The first-order valence-corrected chi connectivity index (χ1v) is 10.9. The second kappa shape index (κ2) is 9.76. The molecule has 32 heavy (non-hydrogen) atoms. The van der Waals surface area contributed by atoms with Crippen LogP contribution < -0.4 is 16.4 Å². The number of guanidine groups is 1. The Morgan fingerprint density at radius 1 is 1.25 bits per heavy atom. The van der Waals surface area contributed by atoms with E-state index in [0.29, 0.717) is 5.69 Å². The molecule has 1 aliphatic heterocycles. The zero-order valence-electron chi connectivity index (χ0n) is 17.1. The Labute approximate surface area is 185 Å². The fourth-order valence-electron chi connectivity index (χ4n) is 2.92. The molecular formula is C21H21N7O3S. The van der Waals surface area contributed by atoms with E-state index in [1.165, 1.54) is 35.4 Å². The van der Waals surface area contributed by atoms with Crippen molar-refractivity contribution in [2.45, 2.75) is 17.5 Å². The van der Waals surface area contributed by atoms with Gasteiger partial charge in [-0.15, -0.1) is 0 Å². The smallest absolute Gasteiger partial charge is 0.244 e. The Morgan fingerprint density at radius 2 is 1.94 bits per heavy atom. The van der Waals surface area contributed by atoms with Crippen molar-refractivity contribution in [3.8, 4) is 6.19 Å². The van der Waals surface area contributed by atoms with E-state index in [0.717, 1.165) is 5.56 Å². The summed E-state index contributed by atoms with van der Waals surface area (Å²) in [5, 5.41) is 14.4. The van der Waals surface area contributed by atoms with E-state index >= 15 is 0 Å². The number of carbonyl (C=O) groups excluding carboxylic acids is 1. The minimum Gasteiger partial charge on any atom is -0.368 e. The number of nitriles is 1. The number of nitrogens with one attached hydrogen (secondary N) is 2. The van der Waals surface area contributed by atoms with E-state index < -0.39 is 21.8 Å². The van der Waals surface area contributed by atoms with Crippen molar-refractivity contribution in [3.05, 3.63) is 77.6 Å². The highest BCUT2D eigenvalue weighted by Gasteiger charge is 2.26. The van der Waals surface area contributed by atoms with Gasteiger partial charge in [0.15, 0.2) is 6.19 Å². The highest BCUT2D eigenvalue weighted by atomic mass is 32.2. The normalized spacial score (nSPS) is 16.1. The molecule has 2 aromatic rings. The third kappa shape index (κ3) is 5.30. The molecule has 0 fully saturated rings. The fourth-order valence-corrected chi connectivity index (χ4v) is 4.25. The van der Waals surface area contributed by atoms with Crippen LogP contribution in [0.2, 0.25) is 0 Å². The molecule has 1 aromatic carbocycles. The molecule has 0 bridgehead atoms. The van der Waals surface area contributed by atoms with Gasteiger partial charge in [-0.25, -0.2) is 13.4 Å². The lowest BCUT2D eigenvalue weighted by Gasteiger charge is -2.25. The minimum absolute atomic E-state index is 0.0605. The molecule has 0 radical (unpaired) electrons. The summed E-state index contributed by atoms with van der Waals surface area (Å²) >= 11 is 0. The number of aromatic nitrogens is 1. The number of benzene rings is 1. The van der Waals surface area contributed by atoms with Gasteiger partial charge in [0.25, 0.3) is 0 Å². The number of nitrogens with zero attached hydrogens (tertiary/aromatic N) is 4. The number of anilines is 1. The number of rotatable bonds is 6. The third-order valence-electron chi connectivity index (χ3n) is 4.58. The third-order valence-corrected chi connectivity index (χ3v) is 6.34. The number of likely N-dealkylation sites (N-methyl/N-ethyl adjacent to an activating group) is 1. The van der Waals surface area contributed by atoms with Crippen molar-refractivity contribution in [1.82, 2.24) is 15.2 Å². The molecule has 1 aromatic heterocycles. The topological polar surface area (TPSA) is 154 Å². The van der Waals surface area contributed by atoms with Crippen LogP contribution in [0.4, 0.5) is 5.69 Å². The maximum absolute atomic E-state index is 12.9. The number of primary amides is 1. The van der Waals surface area contributed by atoms with Crippen LogP contribution in [0.3, 0.4) is 0 Å². The fraction of sp³-hybridized carbons (Fsp3) is 0.143. The number of sulfone groups is 1. The number of allylic oxidation sites excluding steroid dienone is 1. The highest BCUT2D eigenvalue weighted by molar-refractivity contribution is 7.95. The molecule has 0 aliphatic carbocycles. The average molecular weight is 452 g/mol.